The Morgan fingerprint density at radius 1 is 1.14 bits per heavy atom. The molecule has 1 amide bonds. The van der Waals surface area contributed by atoms with E-state index in [1.54, 1.807) is 61.5 Å². The minimum atomic E-state index is -0.967. The summed E-state index contributed by atoms with van der Waals surface area (Å²) in [6, 6.07) is 12.4. The van der Waals surface area contributed by atoms with Gasteiger partial charge < -0.3 is 14.6 Å². The molecule has 2 heterocycles. The zero-order chi connectivity index (χ0) is 26.0. The molecule has 0 bridgehead atoms. The highest BCUT2D eigenvalue weighted by molar-refractivity contribution is 7.18. The van der Waals surface area contributed by atoms with Crippen molar-refractivity contribution in [1.29, 1.82) is 0 Å². The molecular formula is C27H24N2O6S. The number of carbonyl (C=O) groups is 3. The van der Waals surface area contributed by atoms with Gasteiger partial charge in [0, 0.05) is 12.5 Å². The van der Waals surface area contributed by atoms with Crippen LogP contribution in [0.3, 0.4) is 0 Å². The van der Waals surface area contributed by atoms with Crippen LogP contribution in [-0.2, 0) is 9.59 Å². The van der Waals surface area contributed by atoms with Crippen LogP contribution < -0.4 is 14.4 Å². The van der Waals surface area contributed by atoms with Gasteiger partial charge >= 0.3 is 5.91 Å². The molecule has 36 heavy (non-hydrogen) atoms. The summed E-state index contributed by atoms with van der Waals surface area (Å²) in [4.78, 5) is 44.7. The number of anilines is 1. The average Bonchev–Trinajstić information content (AvgIpc) is 3.39. The van der Waals surface area contributed by atoms with Crippen LogP contribution >= 0.6 is 11.3 Å². The number of aromatic nitrogens is 1. The molecule has 0 unspecified atom stereocenters. The molecule has 0 radical (unpaired) electrons. The van der Waals surface area contributed by atoms with Crippen LogP contribution in [0.4, 0.5) is 5.13 Å². The normalized spacial score (nSPS) is 16.8. The van der Waals surface area contributed by atoms with Crippen LogP contribution in [0.15, 0.2) is 66.8 Å². The third-order valence-corrected chi connectivity index (χ3v) is 6.94. The molecule has 1 aliphatic heterocycles. The smallest absolute Gasteiger partial charge is 0.301 e. The molecule has 0 aliphatic carbocycles. The number of amides is 1. The van der Waals surface area contributed by atoms with Crippen molar-refractivity contribution in [1.82, 2.24) is 4.98 Å². The molecule has 0 spiro atoms. The molecular weight excluding hydrogens is 480 g/mol. The minimum Gasteiger partial charge on any atom is -0.507 e. The van der Waals surface area contributed by atoms with E-state index in [2.05, 4.69) is 11.6 Å². The Morgan fingerprint density at radius 2 is 1.78 bits per heavy atom. The number of hydrogen-bond acceptors (Lipinski definition) is 8. The number of methoxy groups -OCH3 is 1. The second-order valence-electron chi connectivity index (χ2n) is 8.03. The second-order valence-corrected chi connectivity index (χ2v) is 9.01. The molecule has 1 aliphatic rings. The molecule has 1 aromatic heterocycles. The first-order valence-electron chi connectivity index (χ1n) is 11.0. The van der Waals surface area contributed by atoms with E-state index < -0.39 is 17.7 Å². The first-order chi connectivity index (χ1) is 17.3. The summed E-state index contributed by atoms with van der Waals surface area (Å²) in [6.45, 7) is 7.04. The molecule has 2 aromatic carbocycles. The predicted molar refractivity (Wildman–Crippen MR) is 137 cm³/mol. The molecule has 1 atom stereocenters. The monoisotopic (exact) mass is 504 g/mol. The zero-order valence-electron chi connectivity index (χ0n) is 20.0. The Morgan fingerprint density at radius 3 is 2.33 bits per heavy atom. The SMILES string of the molecule is C=CCOc1ccc([C@H]2C(=C(O)c3ccc(OC)cc3)C(=O)C(=O)N2c2nc(C)c(C(C)=O)s2)cc1. The van der Waals surface area contributed by atoms with Gasteiger partial charge in [-0.1, -0.05) is 36.1 Å². The fraction of sp³-hybridized carbons (Fsp3) is 0.185. The Kier molecular flexibility index (Phi) is 7.03. The van der Waals surface area contributed by atoms with Gasteiger partial charge in [0.15, 0.2) is 10.9 Å². The van der Waals surface area contributed by atoms with Crippen LogP contribution in [0.2, 0.25) is 0 Å². The van der Waals surface area contributed by atoms with Gasteiger partial charge in [0.25, 0.3) is 5.78 Å². The average molecular weight is 505 g/mol. The number of ether oxygens (including phenoxy) is 2. The standard InChI is InChI=1S/C27H24N2O6S/c1-5-14-35-20-12-6-17(7-13-20)22-21(23(31)18-8-10-19(34-4)11-9-18)24(32)26(33)29(22)27-28-15(2)25(36-27)16(3)30/h5-13,22,31H,1,14H2,2-4H3/t22-/m0/s1. The van der Waals surface area contributed by atoms with Crippen molar-refractivity contribution < 1.29 is 29.0 Å². The lowest BCUT2D eigenvalue weighted by atomic mass is 9.95. The van der Waals surface area contributed by atoms with Gasteiger partial charge in [0.1, 0.15) is 23.9 Å². The maximum absolute atomic E-state index is 13.3. The zero-order valence-corrected chi connectivity index (χ0v) is 20.8. The van der Waals surface area contributed by atoms with Gasteiger partial charge in [0.05, 0.1) is 29.3 Å². The van der Waals surface area contributed by atoms with Crippen molar-refractivity contribution >= 4 is 39.7 Å². The molecule has 9 heteroatoms. The summed E-state index contributed by atoms with van der Waals surface area (Å²) in [5, 5.41) is 11.4. The summed E-state index contributed by atoms with van der Waals surface area (Å²) in [6.07, 6.45) is 1.62. The molecule has 1 saturated heterocycles. The lowest BCUT2D eigenvalue weighted by Gasteiger charge is -2.23. The Labute approximate surface area is 212 Å². The fourth-order valence-electron chi connectivity index (χ4n) is 3.96. The van der Waals surface area contributed by atoms with Crippen molar-refractivity contribution in [3.63, 3.8) is 0 Å². The quantitative estimate of drug-likeness (QED) is 0.154. The third kappa shape index (κ3) is 4.52. The maximum Gasteiger partial charge on any atom is 0.301 e. The van der Waals surface area contributed by atoms with Crippen LogP contribution in [0.25, 0.3) is 5.76 Å². The number of aliphatic hydroxyl groups excluding tert-OH is 1. The summed E-state index contributed by atoms with van der Waals surface area (Å²) < 4.78 is 10.7. The molecule has 0 saturated carbocycles. The summed E-state index contributed by atoms with van der Waals surface area (Å²) >= 11 is 1.03. The molecule has 184 valence electrons. The van der Waals surface area contributed by atoms with E-state index in [0.717, 1.165) is 11.3 Å². The van der Waals surface area contributed by atoms with E-state index >= 15 is 0 Å². The third-order valence-electron chi connectivity index (χ3n) is 5.68. The van der Waals surface area contributed by atoms with Crippen molar-refractivity contribution in [3.8, 4) is 11.5 Å². The van der Waals surface area contributed by atoms with E-state index in [4.69, 9.17) is 9.47 Å². The highest BCUT2D eigenvalue weighted by Crippen LogP contribution is 2.44. The molecule has 1 N–H and O–H groups in total. The summed E-state index contributed by atoms with van der Waals surface area (Å²) in [7, 11) is 1.52. The van der Waals surface area contributed by atoms with Crippen molar-refractivity contribution in [2.45, 2.75) is 19.9 Å². The van der Waals surface area contributed by atoms with Crippen LogP contribution in [-0.4, -0.2) is 41.3 Å². The summed E-state index contributed by atoms with van der Waals surface area (Å²) in [5.41, 5.74) is 1.30. The topological polar surface area (TPSA) is 106 Å². The number of carbonyl (C=O) groups excluding carboxylic acids is 3. The Hall–Kier alpha value is -4.24. The lowest BCUT2D eigenvalue weighted by molar-refractivity contribution is -0.132. The number of aryl methyl sites for hydroxylation is 1. The van der Waals surface area contributed by atoms with Crippen molar-refractivity contribution in [3.05, 3.63) is 88.5 Å². The molecule has 1 fully saturated rings. The van der Waals surface area contributed by atoms with Gasteiger partial charge in [-0.05, 0) is 48.9 Å². The number of benzene rings is 2. The van der Waals surface area contributed by atoms with Crippen LogP contribution in [0, 0.1) is 6.92 Å². The van der Waals surface area contributed by atoms with E-state index in [9.17, 15) is 19.5 Å². The number of ketones is 2. The van der Waals surface area contributed by atoms with Gasteiger partial charge in [0.2, 0.25) is 0 Å². The van der Waals surface area contributed by atoms with Gasteiger partial charge in [-0.2, -0.15) is 0 Å². The van der Waals surface area contributed by atoms with Crippen LogP contribution in [0.5, 0.6) is 11.5 Å². The molecule has 4 rings (SSSR count). The predicted octanol–water partition coefficient (Wildman–Crippen LogP) is 4.85. The summed E-state index contributed by atoms with van der Waals surface area (Å²) in [5.74, 6) is -1.05. The number of rotatable bonds is 8. The number of hydrogen-bond donors (Lipinski definition) is 1. The maximum atomic E-state index is 13.3. The van der Waals surface area contributed by atoms with E-state index in [1.807, 2.05) is 0 Å². The van der Waals surface area contributed by atoms with Crippen molar-refractivity contribution in [2.24, 2.45) is 0 Å². The highest BCUT2D eigenvalue weighted by atomic mass is 32.1. The Balaban J connectivity index is 1.88. The number of Topliss-reactive ketones (excluding diaryl/α,β-unsaturated/α-hetero) is 2. The number of aliphatic hydroxyl groups is 1. The lowest BCUT2D eigenvalue weighted by Crippen LogP contribution is -2.29. The van der Waals surface area contributed by atoms with Gasteiger partial charge in [-0.25, -0.2) is 4.98 Å². The molecule has 8 nitrogen and oxygen atoms in total. The first kappa shape index (κ1) is 24.9. The number of thiazole rings is 1. The van der Waals surface area contributed by atoms with Gasteiger partial charge in [-0.15, -0.1) is 0 Å². The van der Waals surface area contributed by atoms with E-state index in [-0.39, 0.29) is 22.2 Å². The van der Waals surface area contributed by atoms with E-state index in [0.29, 0.717) is 39.8 Å². The number of nitrogens with zero attached hydrogens (tertiary/aromatic N) is 2. The van der Waals surface area contributed by atoms with Crippen LogP contribution in [0.1, 0.15) is 39.5 Å². The van der Waals surface area contributed by atoms with Gasteiger partial charge in [-0.3, -0.25) is 19.3 Å². The highest BCUT2D eigenvalue weighted by Gasteiger charge is 2.48. The Bertz CT molecular complexity index is 1370. The second kappa shape index (κ2) is 10.2. The van der Waals surface area contributed by atoms with E-state index in [1.165, 1.54) is 18.9 Å². The van der Waals surface area contributed by atoms with Crippen molar-refractivity contribution in [2.75, 3.05) is 18.6 Å². The largest absolute Gasteiger partial charge is 0.507 e. The first-order valence-corrected chi connectivity index (χ1v) is 11.9. The fourth-order valence-corrected chi connectivity index (χ4v) is 4.95. The molecule has 3 aromatic rings. The minimum absolute atomic E-state index is 0.0813.